The summed E-state index contributed by atoms with van der Waals surface area (Å²) in [5.41, 5.74) is 0.251. The molecule has 0 aromatic heterocycles. The van der Waals surface area contributed by atoms with Gasteiger partial charge in [0, 0.05) is 11.1 Å². The number of nitrogens with zero attached hydrogens (tertiary/aromatic N) is 1. The summed E-state index contributed by atoms with van der Waals surface area (Å²) in [4.78, 5) is 0. The number of hydrogen-bond donors (Lipinski definition) is 1. The van der Waals surface area contributed by atoms with Crippen molar-refractivity contribution in [2.24, 2.45) is 11.8 Å². The quantitative estimate of drug-likeness (QED) is 0.698. The molecule has 2 heteroatoms. The lowest BCUT2D eigenvalue weighted by atomic mass is 9.61. The van der Waals surface area contributed by atoms with Crippen LogP contribution in [-0.4, -0.2) is 21.3 Å². The fourth-order valence-electron chi connectivity index (χ4n) is 6.07. The van der Waals surface area contributed by atoms with Gasteiger partial charge in [-0.25, -0.2) is 0 Å². The smallest absolute Gasteiger partial charge is 0.0469 e. The van der Waals surface area contributed by atoms with Crippen molar-refractivity contribution in [2.45, 2.75) is 115 Å². The minimum Gasteiger partial charge on any atom is -0.313 e. The highest BCUT2D eigenvalue weighted by atomic mass is 16.5. The van der Waals surface area contributed by atoms with E-state index in [4.69, 9.17) is 0 Å². The van der Waals surface area contributed by atoms with Crippen molar-refractivity contribution in [3.05, 3.63) is 0 Å². The lowest BCUT2D eigenvalue weighted by Crippen LogP contribution is -2.65. The minimum atomic E-state index is 0.126. The van der Waals surface area contributed by atoms with E-state index in [0.717, 1.165) is 11.8 Å². The van der Waals surface area contributed by atoms with Crippen molar-refractivity contribution in [1.82, 2.24) is 5.06 Å². The van der Waals surface area contributed by atoms with Crippen LogP contribution in [0, 0.1) is 11.8 Å². The maximum atomic E-state index is 11.3. The summed E-state index contributed by atoms with van der Waals surface area (Å²) in [6.07, 6.45) is 18.2. The molecule has 1 saturated heterocycles. The average molecular weight is 308 g/mol. The van der Waals surface area contributed by atoms with Crippen molar-refractivity contribution >= 4 is 0 Å². The predicted octanol–water partition coefficient (Wildman–Crippen LogP) is 5.93. The molecule has 2 spiro atoms. The molecule has 0 amide bonds. The Kier molecular flexibility index (Phi) is 5.19. The first kappa shape index (κ1) is 16.8. The van der Waals surface area contributed by atoms with Gasteiger partial charge in [0.2, 0.25) is 0 Å². The van der Waals surface area contributed by atoms with Crippen LogP contribution in [0.15, 0.2) is 0 Å². The maximum absolute atomic E-state index is 11.3. The molecule has 1 unspecified atom stereocenters. The van der Waals surface area contributed by atoms with E-state index in [2.05, 4.69) is 13.8 Å². The van der Waals surface area contributed by atoms with E-state index >= 15 is 0 Å². The third-order valence-electron chi connectivity index (χ3n) is 7.30. The Hall–Kier alpha value is -0.0800. The van der Waals surface area contributed by atoms with Crippen LogP contribution in [0.5, 0.6) is 0 Å². The van der Waals surface area contributed by atoms with Crippen molar-refractivity contribution < 1.29 is 5.21 Å². The SMILES string of the molecule is CCCC(C)C1CC2(CCCCC2)N(O)C2(CCCCC2)C1. The Morgan fingerprint density at radius 2 is 1.36 bits per heavy atom. The standard InChI is InChI=1S/C20H37NO/c1-3-10-17(2)18-15-19(11-6-4-7-12-19)21(22)20(16-18)13-8-5-9-14-20/h17-18,22H,3-16H2,1-2H3. The molecule has 1 aliphatic heterocycles. The van der Waals surface area contributed by atoms with Gasteiger partial charge < -0.3 is 5.21 Å². The molecule has 0 bridgehead atoms. The molecule has 3 aliphatic rings. The van der Waals surface area contributed by atoms with Crippen LogP contribution in [0.4, 0.5) is 0 Å². The van der Waals surface area contributed by atoms with Gasteiger partial charge in [-0.05, 0) is 50.4 Å². The molecule has 3 fully saturated rings. The molecule has 1 atom stereocenters. The third kappa shape index (κ3) is 2.98. The normalized spacial score (nSPS) is 33.1. The lowest BCUT2D eigenvalue weighted by Gasteiger charge is -2.60. The zero-order chi connectivity index (χ0) is 15.6. The first-order valence-corrected chi connectivity index (χ1v) is 10.1. The summed E-state index contributed by atoms with van der Waals surface area (Å²) in [5, 5.41) is 13.3. The van der Waals surface area contributed by atoms with E-state index in [1.807, 2.05) is 5.06 Å². The molecule has 0 aromatic rings. The molecule has 3 rings (SSSR count). The van der Waals surface area contributed by atoms with Gasteiger partial charge in [0.05, 0.1) is 0 Å². The third-order valence-corrected chi connectivity index (χ3v) is 7.30. The Balaban J connectivity index is 1.86. The Labute approximate surface area is 137 Å². The zero-order valence-electron chi connectivity index (χ0n) is 14.9. The molecule has 2 nitrogen and oxygen atoms in total. The fraction of sp³-hybridized carbons (Fsp3) is 1.00. The second-order valence-electron chi connectivity index (χ2n) is 8.82. The Bertz CT molecular complexity index is 327. The van der Waals surface area contributed by atoms with Crippen LogP contribution in [0.1, 0.15) is 104 Å². The van der Waals surface area contributed by atoms with E-state index in [1.165, 1.54) is 89.9 Å². The molecular weight excluding hydrogens is 270 g/mol. The summed E-state index contributed by atoms with van der Waals surface area (Å²) in [7, 11) is 0. The number of piperidine rings is 1. The van der Waals surface area contributed by atoms with Gasteiger partial charge in [-0.2, -0.15) is 5.06 Å². The lowest BCUT2D eigenvalue weighted by molar-refractivity contribution is -0.288. The van der Waals surface area contributed by atoms with Crippen molar-refractivity contribution in [2.75, 3.05) is 0 Å². The molecule has 2 aliphatic carbocycles. The average Bonchev–Trinajstić information content (AvgIpc) is 2.54. The number of hydroxylamine groups is 2. The van der Waals surface area contributed by atoms with E-state index < -0.39 is 0 Å². The summed E-state index contributed by atoms with van der Waals surface area (Å²) < 4.78 is 0. The predicted molar refractivity (Wildman–Crippen MR) is 92.1 cm³/mol. The van der Waals surface area contributed by atoms with Gasteiger partial charge in [-0.15, -0.1) is 0 Å². The van der Waals surface area contributed by atoms with Crippen LogP contribution in [0.2, 0.25) is 0 Å². The second-order valence-corrected chi connectivity index (χ2v) is 8.82. The van der Waals surface area contributed by atoms with Gasteiger partial charge in [0.1, 0.15) is 0 Å². The summed E-state index contributed by atoms with van der Waals surface area (Å²) in [6.45, 7) is 4.80. The molecule has 1 N–H and O–H groups in total. The van der Waals surface area contributed by atoms with Gasteiger partial charge in [-0.3, -0.25) is 0 Å². The zero-order valence-corrected chi connectivity index (χ0v) is 14.9. The fourth-order valence-corrected chi connectivity index (χ4v) is 6.07. The van der Waals surface area contributed by atoms with E-state index in [0.29, 0.717) is 0 Å². The summed E-state index contributed by atoms with van der Waals surface area (Å²) in [6, 6.07) is 0. The van der Waals surface area contributed by atoms with Crippen LogP contribution >= 0.6 is 0 Å². The molecule has 0 aromatic carbocycles. The maximum Gasteiger partial charge on any atom is 0.0469 e. The monoisotopic (exact) mass is 307 g/mol. The molecule has 0 radical (unpaired) electrons. The van der Waals surface area contributed by atoms with Crippen LogP contribution in [0.3, 0.4) is 0 Å². The first-order valence-electron chi connectivity index (χ1n) is 10.1. The van der Waals surface area contributed by atoms with Gasteiger partial charge >= 0.3 is 0 Å². The molecule has 128 valence electrons. The van der Waals surface area contributed by atoms with Crippen molar-refractivity contribution in [3.8, 4) is 0 Å². The Morgan fingerprint density at radius 1 is 0.909 bits per heavy atom. The Morgan fingerprint density at radius 3 is 1.77 bits per heavy atom. The van der Waals surface area contributed by atoms with Gasteiger partial charge in [0.15, 0.2) is 0 Å². The van der Waals surface area contributed by atoms with E-state index in [-0.39, 0.29) is 11.1 Å². The topological polar surface area (TPSA) is 23.5 Å². The molecule has 22 heavy (non-hydrogen) atoms. The van der Waals surface area contributed by atoms with Crippen LogP contribution < -0.4 is 0 Å². The van der Waals surface area contributed by atoms with E-state index in [9.17, 15) is 5.21 Å². The highest BCUT2D eigenvalue weighted by Gasteiger charge is 2.54. The van der Waals surface area contributed by atoms with Gasteiger partial charge in [-0.1, -0.05) is 65.2 Å². The minimum absolute atomic E-state index is 0.126. The largest absolute Gasteiger partial charge is 0.313 e. The van der Waals surface area contributed by atoms with Gasteiger partial charge in [0.25, 0.3) is 0 Å². The number of rotatable bonds is 3. The molecule has 1 heterocycles. The molecular formula is C20H37NO. The highest BCUT2D eigenvalue weighted by molar-refractivity contribution is 5.06. The highest BCUT2D eigenvalue weighted by Crippen LogP contribution is 2.53. The molecule has 2 saturated carbocycles. The van der Waals surface area contributed by atoms with Crippen LogP contribution in [0.25, 0.3) is 0 Å². The van der Waals surface area contributed by atoms with E-state index in [1.54, 1.807) is 0 Å². The summed E-state index contributed by atoms with van der Waals surface area (Å²) >= 11 is 0. The van der Waals surface area contributed by atoms with Crippen LogP contribution in [-0.2, 0) is 0 Å². The first-order chi connectivity index (χ1) is 10.6. The summed E-state index contributed by atoms with van der Waals surface area (Å²) in [5.74, 6) is 1.66. The number of hydrogen-bond acceptors (Lipinski definition) is 2. The van der Waals surface area contributed by atoms with Crippen molar-refractivity contribution in [1.29, 1.82) is 0 Å². The van der Waals surface area contributed by atoms with Crippen molar-refractivity contribution in [3.63, 3.8) is 0 Å². The second kappa shape index (κ2) is 6.81.